The molecule has 0 bridgehead atoms. The quantitative estimate of drug-likeness (QED) is 0.612. The van der Waals surface area contributed by atoms with Gasteiger partial charge in [0.15, 0.2) is 0 Å². The summed E-state index contributed by atoms with van der Waals surface area (Å²) >= 11 is 7.10. The van der Waals surface area contributed by atoms with Crippen molar-refractivity contribution in [3.8, 4) is 0 Å². The molecule has 1 aromatic carbocycles. The third-order valence-electron chi connectivity index (χ3n) is 5.16. The van der Waals surface area contributed by atoms with Crippen molar-refractivity contribution in [2.45, 2.75) is 52.1 Å². The summed E-state index contributed by atoms with van der Waals surface area (Å²) in [5.41, 5.74) is 1.82. The summed E-state index contributed by atoms with van der Waals surface area (Å²) in [4.78, 5) is 39.6. The van der Waals surface area contributed by atoms with Crippen LogP contribution in [-0.2, 0) is 16.1 Å². The van der Waals surface area contributed by atoms with Crippen LogP contribution in [0.2, 0.25) is 4.34 Å². The molecule has 2 heterocycles. The van der Waals surface area contributed by atoms with E-state index >= 15 is 0 Å². The minimum Gasteiger partial charge on any atom is -0.350 e. The number of thiophene rings is 1. The molecule has 2 aromatic rings. The summed E-state index contributed by atoms with van der Waals surface area (Å²) in [6.45, 7) is 5.12. The number of carbonyl (C=O) groups is 3. The Labute approximate surface area is 192 Å². The van der Waals surface area contributed by atoms with Crippen molar-refractivity contribution in [1.29, 1.82) is 0 Å². The topological polar surface area (TPSA) is 78.5 Å². The van der Waals surface area contributed by atoms with Gasteiger partial charge in [-0.25, -0.2) is 0 Å². The van der Waals surface area contributed by atoms with Gasteiger partial charge in [-0.15, -0.1) is 11.3 Å². The van der Waals surface area contributed by atoms with E-state index in [-0.39, 0.29) is 23.6 Å². The maximum absolute atomic E-state index is 12.8. The number of benzene rings is 1. The molecule has 0 saturated carbocycles. The number of nitrogens with one attached hydrogen (secondary N) is 2. The van der Waals surface area contributed by atoms with E-state index < -0.39 is 6.04 Å². The van der Waals surface area contributed by atoms with Crippen molar-refractivity contribution in [2.75, 3.05) is 11.4 Å². The fraction of sp³-hybridized carbons (Fsp3) is 0.435. The SMILES string of the molecule is CC(C)C[C@@H](NC(=O)c1ccc(Cl)s1)C(=O)NCc1ccc(N2CCCCC2=O)cc1. The Morgan fingerprint density at radius 3 is 2.48 bits per heavy atom. The molecule has 1 aliphatic rings. The number of amides is 3. The summed E-state index contributed by atoms with van der Waals surface area (Å²) < 4.78 is 0.532. The molecule has 0 radical (unpaired) electrons. The molecule has 8 heteroatoms. The fourth-order valence-electron chi connectivity index (χ4n) is 3.55. The van der Waals surface area contributed by atoms with Gasteiger partial charge in [0.2, 0.25) is 11.8 Å². The van der Waals surface area contributed by atoms with E-state index in [1.165, 1.54) is 11.3 Å². The van der Waals surface area contributed by atoms with Gasteiger partial charge in [-0.2, -0.15) is 0 Å². The Morgan fingerprint density at radius 2 is 1.87 bits per heavy atom. The lowest BCUT2D eigenvalue weighted by molar-refractivity contribution is -0.123. The molecule has 31 heavy (non-hydrogen) atoms. The molecule has 2 N–H and O–H groups in total. The van der Waals surface area contributed by atoms with Crippen LogP contribution in [0.15, 0.2) is 36.4 Å². The first-order valence-electron chi connectivity index (χ1n) is 10.6. The Hall–Kier alpha value is -2.38. The Balaban J connectivity index is 1.58. The lowest BCUT2D eigenvalue weighted by Crippen LogP contribution is -2.47. The highest BCUT2D eigenvalue weighted by atomic mass is 35.5. The van der Waals surface area contributed by atoms with Crippen molar-refractivity contribution in [3.63, 3.8) is 0 Å². The maximum atomic E-state index is 12.8. The van der Waals surface area contributed by atoms with Crippen LogP contribution in [0.25, 0.3) is 0 Å². The maximum Gasteiger partial charge on any atom is 0.262 e. The summed E-state index contributed by atoms with van der Waals surface area (Å²) in [7, 11) is 0. The first-order valence-corrected chi connectivity index (χ1v) is 11.8. The van der Waals surface area contributed by atoms with Crippen LogP contribution in [0.4, 0.5) is 5.69 Å². The van der Waals surface area contributed by atoms with Gasteiger partial charge in [-0.3, -0.25) is 14.4 Å². The molecule has 1 saturated heterocycles. The second-order valence-electron chi connectivity index (χ2n) is 8.15. The molecule has 1 aromatic heterocycles. The lowest BCUT2D eigenvalue weighted by Gasteiger charge is -2.27. The van der Waals surface area contributed by atoms with E-state index in [0.29, 0.717) is 28.6 Å². The van der Waals surface area contributed by atoms with Crippen molar-refractivity contribution < 1.29 is 14.4 Å². The number of halogens is 1. The summed E-state index contributed by atoms with van der Waals surface area (Å²) in [6.07, 6.45) is 3.10. The van der Waals surface area contributed by atoms with E-state index in [1.54, 1.807) is 12.1 Å². The smallest absolute Gasteiger partial charge is 0.262 e. The van der Waals surface area contributed by atoms with Crippen LogP contribution in [0, 0.1) is 5.92 Å². The van der Waals surface area contributed by atoms with E-state index in [1.807, 2.05) is 43.0 Å². The third-order valence-corrected chi connectivity index (χ3v) is 6.39. The van der Waals surface area contributed by atoms with Crippen LogP contribution < -0.4 is 15.5 Å². The van der Waals surface area contributed by atoms with Gasteiger partial charge in [0.25, 0.3) is 5.91 Å². The number of rotatable bonds is 8. The van der Waals surface area contributed by atoms with Gasteiger partial charge < -0.3 is 15.5 Å². The minimum atomic E-state index is -0.626. The van der Waals surface area contributed by atoms with Gasteiger partial charge >= 0.3 is 0 Å². The Bertz CT molecular complexity index is 926. The van der Waals surface area contributed by atoms with Gasteiger partial charge in [0.1, 0.15) is 6.04 Å². The van der Waals surface area contributed by atoms with Gasteiger partial charge in [0, 0.05) is 25.2 Å². The van der Waals surface area contributed by atoms with E-state index in [9.17, 15) is 14.4 Å². The highest BCUT2D eigenvalue weighted by molar-refractivity contribution is 7.18. The third kappa shape index (κ3) is 6.55. The van der Waals surface area contributed by atoms with Gasteiger partial charge in [-0.1, -0.05) is 37.6 Å². The zero-order valence-electron chi connectivity index (χ0n) is 17.8. The molecule has 1 atom stereocenters. The lowest BCUT2D eigenvalue weighted by atomic mass is 10.0. The summed E-state index contributed by atoms with van der Waals surface area (Å²) in [5.74, 6) is -0.121. The van der Waals surface area contributed by atoms with Crippen molar-refractivity contribution >= 4 is 46.3 Å². The Morgan fingerprint density at radius 1 is 1.13 bits per heavy atom. The zero-order valence-corrected chi connectivity index (χ0v) is 19.4. The molecule has 0 aliphatic carbocycles. The number of nitrogens with zero attached hydrogens (tertiary/aromatic N) is 1. The predicted octanol–water partition coefficient (Wildman–Crippen LogP) is 4.38. The van der Waals surface area contributed by atoms with Crippen molar-refractivity contribution in [3.05, 3.63) is 51.2 Å². The van der Waals surface area contributed by atoms with Gasteiger partial charge in [0.05, 0.1) is 9.21 Å². The monoisotopic (exact) mass is 461 g/mol. The number of piperidine rings is 1. The average Bonchev–Trinajstić information content (AvgIpc) is 3.18. The highest BCUT2D eigenvalue weighted by Gasteiger charge is 2.23. The standard InChI is InChI=1S/C23H28ClN3O3S/c1-15(2)13-18(26-23(30)19-10-11-20(24)31-19)22(29)25-14-16-6-8-17(9-7-16)27-12-4-3-5-21(27)28/h6-11,15,18H,3-5,12-14H2,1-2H3,(H,25,29)(H,26,30)/t18-/m1/s1. The van der Waals surface area contributed by atoms with E-state index in [2.05, 4.69) is 10.6 Å². The van der Waals surface area contributed by atoms with Crippen LogP contribution in [-0.4, -0.2) is 30.3 Å². The van der Waals surface area contributed by atoms with Crippen LogP contribution in [0.1, 0.15) is 54.8 Å². The molecule has 0 spiro atoms. The number of carbonyl (C=O) groups excluding carboxylic acids is 3. The molecule has 1 aliphatic heterocycles. The molecular formula is C23H28ClN3O3S. The molecule has 3 amide bonds. The fourth-order valence-corrected chi connectivity index (χ4v) is 4.50. The van der Waals surface area contributed by atoms with Crippen LogP contribution in [0.5, 0.6) is 0 Å². The number of hydrogen-bond acceptors (Lipinski definition) is 4. The van der Waals surface area contributed by atoms with E-state index in [4.69, 9.17) is 11.6 Å². The zero-order chi connectivity index (χ0) is 22.4. The molecule has 166 valence electrons. The number of hydrogen-bond donors (Lipinski definition) is 2. The van der Waals surface area contributed by atoms with E-state index in [0.717, 1.165) is 30.6 Å². The molecule has 1 fully saturated rings. The van der Waals surface area contributed by atoms with Crippen molar-refractivity contribution in [1.82, 2.24) is 10.6 Å². The molecular weight excluding hydrogens is 434 g/mol. The van der Waals surface area contributed by atoms with Crippen molar-refractivity contribution in [2.24, 2.45) is 5.92 Å². The minimum absolute atomic E-state index is 0.159. The summed E-state index contributed by atoms with van der Waals surface area (Å²) in [6, 6.07) is 10.4. The van der Waals surface area contributed by atoms with Crippen LogP contribution >= 0.6 is 22.9 Å². The second kappa shape index (κ2) is 10.8. The molecule has 3 rings (SSSR count). The molecule has 6 nitrogen and oxygen atoms in total. The Kier molecular flexibility index (Phi) is 8.09. The first kappa shape index (κ1) is 23.3. The predicted molar refractivity (Wildman–Crippen MR) is 125 cm³/mol. The normalized spacial score (nSPS) is 15.1. The summed E-state index contributed by atoms with van der Waals surface area (Å²) in [5, 5.41) is 5.75. The number of anilines is 1. The highest BCUT2D eigenvalue weighted by Crippen LogP contribution is 2.22. The van der Waals surface area contributed by atoms with Gasteiger partial charge in [-0.05, 0) is 55.0 Å². The second-order valence-corrected chi connectivity index (χ2v) is 9.86. The molecule has 0 unspecified atom stereocenters. The van der Waals surface area contributed by atoms with Crippen LogP contribution in [0.3, 0.4) is 0 Å². The largest absolute Gasteiger partial charge is 0.350 e. The first-order chi connectivity index (χ1) is 14.8. The average molecular weight is 462 g/mol.